The molecule has 3 nitrogen and oxygen atoms in total. The van der Waals surface area contributed by atoms with Crippen molar-refractivity contribution < 1.29 is 9.47 Å². The van der Waals surface area contributed by atoms with Crippen molar-refractivity contribution in [2.75, 3.05) is 26.4 Å². The lowest BCUT2D eigenvalue weighted by atomic mass is 9.99. The third kappa shape index (κ3) is 3.97. The standard InChI is InChI=1S/C17H27NO2/c1-4-9-18-16(15-8-10-19-11-15)12-20-17-13(2)6-5-7-14(17)3/h5-7,15-16,18H,4,8-12H2,1-3H3. The van der Waals surface area contributed by atoms with E-state index in [9.17, 15) is 0 Å². The number of benzene rings is 1. The van der Waals surface area contributed by atoms with Gasteiger partial charge in [0.2, 0.25) is 0 Å². The Labute approximate surface area is 122 Å². The molecule has 1 aromatic rings. The molecule has 1 aliphatic heterocycles. The highest BCUT2D eigenvalue weighted by molar-refractivity contribution is 5.39. The molecule has 1 fully saturated rings. The predicted octanol–water partition coefficient (Wildman–Crippen LogP) is 3.09. The summed E-state index contributed by atoms with van der Waals surface area (Å²) in [4.78, 5) is 0. The van der Waals surface area contributed by atoms with Crippen molar-refractivity contribution in [2.24, 2.45) is 5.92 Å². The number of rotatable bonds is 7. The zero-order chi connectivity index (χ0) is 14.4. The van der Waals surface area contributed by atoms with Gasteiger partial charge in [-0.2, -0.15) is 0 Å². The fourth-order valence-corrected chi connectivity index (χ4v) is 2.76. The molecule has 2 rings (SSSR count). The third-order valence-electron chi connectivity index (χ3n) is 4.01. The maximum Gasteiger partial charge on any atom is 0.125 e. The summed E-state index contributed by atoms with van der Waals surface area (Å²) >= 11 is 0. The Balaban J connectivity index is 1.96. The Kier molecular flexibility index (Phi) is 5.86. The first-order valence-electron chi connectivity index (χ1n) is 7.72. The first-order valence-corrected chi connectivity index (χ1v) is 7.72. The summed E-state index contributed by atoms with van der Waals surface area (Å²) in [6.07, 6.45) is 2.28. The summed E-state index contributed by atoms with van der Waals surface area (Å²) in [5, 5.41) is 3.62. The largest absolute Gasteiger partial charge is 0.491 e. The van der Waals surface area contributed by atoms with Gasteiger partial charge in [0.15, 0.2) is 0 Å². The fourth-order valence-electron chi connectivity index (χ4n) is 2.76. The Morgan fingerprint density at radius 1 is 1.35 bits per heavy atom. The molecule has 1 N–H and O–H groups in total. The highest BCUT2D eigenvalue weighted by Gasteiger charge is 2.26. The molecule has 3 heteroatoms. The molecule has 0 aliphatic carbocycles. The van der Waals surface area contributed by atoms with Crippen LogP contribution < -0.4 is 10.1 Å². The van der Waals surface area contributed by atoms with Crippen LogP contribution in [0.15, 0.2) is 18.2 Å². The molecule has 1 heterocycles. The summed E-state index contributed by atoms with van der Waals surface area (Å²) in [5.74, 6) is 1.61. The van der Waals surface area contributed by atoms with Gasteiger partial charge in [-0.1, -0.05) is 25.1 Å². The Hall–Kier alpha value is -1.06. The monoisotopic (exact) mass is 277 g/mol. The molecule has 0 bridgehead atoms. The SMILES string of the molecule is CCCNC(COc1c(C)cccc1C)C1CCOC1. The predicted molar refractivity (Wildman–Crippen MR) is 82.4 cm³/mol. The summed E-state index contributed by atoms with van der Waals surface area (Å²) < 4.78 is 11.6. The maximum atomic E-state index is 6.12. The number of hydrogen-bond acceptors (Lipinski definition) is 3. The van der Waals surface area contributed by atoms with E-state index in [0.29, 0.717) is 12.0 Å². The summed E-state index contributed by atoms with van der Waals surface area (Å²) in [5.41, 5.74) is 2.42. The first-order chi connectivity index (χ1) is 9.72. The number of hydrogen-bond donors (Lipinski definition) is 1. The Morgan fingerprint density at radius 3 is 2.70 bits per heavy atom. The van der Waals surface area contributed by atoms with Crippen molar-refractivity contribution in [3.8, 4) is 5.75 Å². The Morgan fingerprint density at radius 2 is 2.10 bits per heavy atom. The van der Waals surface area contributed by atoms with Crippen LogP contribution in [0.1, 0.15) is 30.9 Å². The van der Waals surface area contributed by atoms with Gasteiger partial charge >= 0.3 is 0 Å². The van der Waals surface area contributed by atoms with E-state index in [0.717, 1.165) is 45.0 Å². The van der Waals surface area contributed by atoms with Gasteiger partial charge in [0, 0.05) is 18.6 Å². The van der Waals surface area contributed by atoms with Crippen LogP contribution in [0.2, 0.25) is 0 Å². The van der Waals surface area contributed by atoms with Crippen LogP contribution in [-0.4, -0.2) is 32.4 Å². The highest BCUT2D eigenvalue weighted by atomic mass is 16.5. The van der Waals surface area contributed by atoms with E-state index in [1.165, 1.54) is 11.1 Å². The third-order valence-corrected chi connectivity index (χ3v) is 4.01. The van der Waals surface area contributed by atoms with Gasteiger partial charge in [-0.25, -0.2) is 0 Å². The van der Waals surface area contributed by atoms with Gasteiger partial charge in [0.25, 0.3) is 0 Å². The van der Waals surface area contributed by atoms with Crippen molar-refractivity contribution in [1.82, 2.24) is 5.32 Å². The molecule has 20 heavy (non-hydrogen) atoms. The van der Waals surface area contributed by atoms with Crippen LogP contribution in [0.5, 0.6) is 5.75 Å². The second-order valence-electron chi connectivity index (χ2n) is 5.72. The van der Waals surface area contributed by atoms with E-state index in [1.807, 2.05) is 0 Å². The van der Waals surface area contributed by atoms with Gasteiger partial charge in [0.05, 0.1) is 6.61 Å². The van der Waals surface area contributed by atoms with E-state index in [2.05, 4.69) is 44.3 Å². The zero-order valence-electron chi connectivity index (χ0n) is 12.9. The van der Waals surface area contributed by atoms with Gasteiger partial charge in [-0.05, 0) is 44.4 Å². The minimum atomic E-state index is 0.386. The molecule has 0 spiro atoms. The average Bonchev–Trinajstić information content (AvgIpc) is 2.95. The summed E-state index contributed by atoms with van der Waals surface area (Å²) in [7, 11) is 0. The van der Waals surface area contributed by atoms with Crippen LogP contribution in [0.3, 0.4) is 0 Å². The van der Waals surface area contributed by atoms with Gasteiger partial charge in [-0.3, -0.25) is 0 Å². The van der Waals surface area contributed by atoms with Gasteiger partial charge in [-0.15, -0.1) is 0 Å². The highest BCUT2D eigenvalue weighted by Crippen LogP contribution is 2.24. The minimum absolute atomic E-state index is 0.386. The summed E-state index contributed by atoms with van der Waals surface area (Å²) in [6, 6.07) is 6.68. The van der Waals surface area contributed by atoms with Gasteiger partial charge < -0.3 is 14.8 Å². The molecule has 0 amide bonds. The van der Waals surface area contributed by atoms with Crippen molar-refractivity contribution in [3.63, 3.8) is 0 Å². The van der Waals surface area contributed by atoms with Crippen LogP contribution in [0.25, 0.3) is 0 Å². The normalized spacial score (nSPS) is 20.1. The molecule has 0 aromatic heterocycles. The van der Waals surface area contributed by atoms with Crippen LogP contribution in [0.4, 0.5) is 0 Å². The molecular formula is C17H27NO2. The van der Waals surface area contributed by atoms with E-state index in [4.69, 9.17) is 9.47 Å². The lowest BCUT2D eigenvalue weighted by molar-refractivity contribution is 0.160. The first kappa shape index (κ1) is 15.3. The molecule has 2 atom stereocenters. The number of nitrogens with one attached hydrogen (secondary N) is 1. The molecule has 2 unspecified atom stereocenters. The van der Waals surface area contributed by atoms with E-state index >= 15 is 0 Å². The molecule has 112 valence electrons. The van der Waals surface area contributed by atoms with Crippen LogP contribution in [0, 0.1) is 19.8 Å². The quantitative estimate of drug-likeness (QED) is 0.831. The molecule has 1 saturated heterocycles. The molecule has 1 aliphatic rings. The minimum Gasteiger partial charge on any atom is -0.491 e. The van der Waals surface area contributed by atoms with Gasteiger partial charge in [0.1, 0.15) is 12.4 Å². The van der Waals surface area contributed by atoms with Crippen LogP contribution >= 0.6 is 0 Å². The maximum absolute atomic E-state index is 6.12. The second kappa shape index (κ2) is 7.65. The van der Waals surface area contributed by atoms with E-state index < -0.39 is 0 Å². The van der Waals surface area contributed by atoms with E-state index in [-0.39, 0.29) is 0 Å². The van der Waals surface area contributed by atoms with Crippen molar-refractivity contribution in [3.05, 3.63) is 29.3 Å². The molecule has 1 aromatic carbocycles. The van der Waals surface area contributed by atoms with E-state index in [1.54, 1.807) is 0 Å². The molecule has 0 radical (unpaired) electrons. The summed E-state index contributed by atoms with van der Waals surface area (Å²) in [6.45, 7) is 9.92. The number of ether oxygens (including phenoxy) is 2. The number of para-hydroxylation sites is 1. The zero-order valence-corrected chi connectivity index (χ0v) is 12.9. The van der Waals surface area contributed by atoms with Crippen molar-refractivity contribution in [2.45, 2.75) is 39.7 Å². The number of aryl methyl sites for hydroxylation is 2. The lowest BCUT2D eigenvalue weighted by Gasteiger charge is -2.25. The smallest absolute Gasteiger partial charge is 0.125 e. The average molecular weight is 277 g/mol. The van der Waals surface area contributed by atoms with Crippen molar-refractivity contribution in [1.29, 1.82) is 0 Å². The second-order valence-corrected chi connectivity index (χ2v) is 5.72. The van der Waals surface area contributed by atoms with Crippen molar-refractivity contribution >= 4 is 0 Å². The van der Waals surface area contributed by atoms with Crippen LogP contribution in [-0.2, 0) is 4.74 Å². The lowest BCUT2D eigenvalue weighted by Crippen LogP contribution is -2.41. The Bertz CT molecular complexity index is 393. The molecule has 0 saturated carbocycles. The fraction of sp³-hybridized carbons (Fsp3) is 0.647. The molecular weight excluding hydrogens is 250 g/mol. The topological polar surface area (TPSA) is 30.5 Å².